The molecule has 0 aliphatic carbocycles. The van der Waals surface area contributed by atoms with Crippen molar-refractivity contribution in [3.05, 3.63) is 0 Å². The van der Waals surface area contributed by atoms with Crippen molar-refractivity contribution in [3.63, 3.8) is 0 Å². The van der Waals surface area contributed by atoms with Gasteiger partial charge in [-0.1, -0.05) is 48.0 Å². The molecule has 0 rings (SSSR count). The van der Waals surface area contributed by atoms with Crippen molar-refractivity contribution >= 4 is 0 Å². The first-order valence-electron chi connectivity index (χ1n) is 6.74. The average Bonchev–Trinajstić information content (AvgIpc) is 2.21. The zero-order chi connectivity index (χ0) is 11.8. The highest BCUT2D eigenvalue weighted by atomic mass is 14.9. The standard InChI is InChI=1S/C14H31N/c1-7-12(5)13(6)10-15-14(8-2)9-11(3)4/h11-15H,7-10H2,1-6H3. The van der Waals surface area contributed by atoms with Crippen LogP contribution in [0.3, 0.4) is 0 Å². The molecule has 0 fully saturated rings. The zero-order valence-electron chi connectivity index (χ0n) is 11.6. The number of hydrogen-bond acceptors (Lipinski definition) is 1. The van der Waals surface area contributed by atoms with Gasteiger partial charge in [-0.05, 0) is 37.1 Å². The Morgan fingerprint density at radius 3 is 1.87 bits per heavy atom. The molecule has 0 aliphatic rings. The predicted molar refractivity (Wildman–Crippen MR) is 70.2 cm³/mol. The van der Waals surface area contributed by atoms with Crippen LogP contribution in [0.25, 0.3) is 0 Å². The van der Waals surface area contributed by atoms with E-state index in [-0.39, 0.29) is 0 Å². The molecule has 3 unspecified atom stereocenters. The maximum atomic E-state index is 3.72. The summed E-state index contributed by atoms with van der Waals surface area (Å²) in [5, 5.41) is 3.72. The number of rotatable bonds is 8. The van der Waals surface area contributed by atoms with Gasteiger partial charge < -0.3 is 5.32 Å². The summed E-state index contributed by atoms with van der Waals surface area (Å²) in [4.78, 5) is 0. The molecule has 1 heteroatoms. The SMILES string of the molecule is CCC(CC(C)C)NCC(C)C(C)CC. The minimum absolute atomic E-state index is 0.719. The third kappa shape index (κ3) is 6.94. The highest BCUT2D eigenvalue weighted by molar-refractivity contribution is 4.70. The lowest BCUT2D eigenvalue weighted by Crippen LogP contribution is -2.34. The Bertz CT molecular complexity index is 142. The summed E-state index contributed by atoms with van der Waals surface area (Å²) in [6, 6.07) is 0.719. The highest BCUT2D eigenvalue weighted by Gasteiger charge is 2.13. The first kappa shape index (κ1) is 15.0. The second-order valence-corrected chi connectivity index (χ2v) is 5.51. The lowest BCUT2D eigenvalue weighted by Gasteiger charge is -2.24. The van der Waals surface area contributed by atoms with Crippen LogP contribution in [-0.4, -0.2) is 12.6 Å². The Hall–Kier alpha value is -0.0400. The topological polar surface area (TPSA) is 12.0 Å². The van der Waals surface area contributed by atoms with Crippen LogP contribution in [0.4, 0.5) is 0 Å². The van der Waals surface area contributed by atoms with Crippen LogP contribution in [0.2, 0.25) is 0 Å². The molecular weight excluding hydrogens is 182 g/mol. The first-order chi connectivity index (χ1) is 7.01. The van der Waals surface area contributed by atoms with Gasteiger partial charge in [-0.2, -0.15) is 0 Å². The second-order valence-electron chi connectivity index (χ2n) is 5.51. The van der Waals surface area contributed by atoms with Crippen LogP contribution in [-0.2, 0) is 0 Å². The third-order valence-corrected chi connectivity index (χ3v) is 3.59. The third-order valence-electron chi connectivity index (χ3n) is 3.59. The molecule has 0 amide bonds. The van der Waals surface area contributed by atoms with E-state index in [2.05, 4.69) is 46.9 Å². The Balaban J connectivity index is 3.79. The van der Waals surface area contributed by atoms with Crippen molar-refractivity contribution in [1.29, 1.82) is 0 Å². The van der Waals surface area contributed by atoms with Gasteiger partial charge in [0.25, 0.3) is 0 Å². The summed E-state index contributed by atoms with van der Waals surface area (Å²) in [5.41, 5.74) is 0. The smallest absolute Gasteiger partial charge is 0.00669 e. The maximum absolute atomic E-state index is 3.72. The van der Waals surface area contributed by atoms with Crippen LogP contribution >= 0.6 is 0 Å². The Morgan fingerprint density at radius 1 is 0.867 bits per heavy atom. The Morgan fingerprint density at radius 2 is 1.47 bits per heavy atom. The van der Waals surface area contributed by atoms with Gasteiger partial charge in [0, 0.05) is 6.04 Å². The van der Waals surface area contributed by atoms with Gasteiger partial charge in [0.15, 0.2) is 0 Å². The molecule has 92 valence electrons. The molecule has 0 bridgehead atoms. The largest absolute Gasteiger partial charge is 0.314 e. The Kier molecular flexibility index (Phi) is 8.13. The summed E-state index contributed by atoms with van der Waals surface area (Å²) < 4.78 is 0. The molecule has 0 saturated heterocycles. The fraction of sp³-hybridized carbons (Fsp3) is 1.00. The quantitative estimate of drug-likeness (QED) is 0.640. The normalized spacial score (nSPS) is 17.8. The molecule has 3 atom stereocenters. The van der Waals surface area contributed by atoms with Gasteiger partial charge in [-0.15, -0.1) is 0 Å². The second kappa shape index (κ2) is 8.15. The minimum Gasteiger partial charge on any atom is -0.314 e. The van der Waals surface area contributed by atoms with E-state index in [1.807, 2.05) is 0 Å². The van der Waals surface area contributed by atoms with E-state index in [0.717, 1.165) is 23.8 Å². The van der Waals surface area contributed by atoms with E-state index in [4.69, 9.17) is 0 Å². The van der Waals surface area contributed by atoms with Crippen molar-refractivity contribution in [2.45, 2.75) is 66.8 Å². The van der Waals surface area contributed by atoms with Crippen molar-refractivity contribution in [3.8, 4) is 0 Å². The summed E-state index contributed by atoms with van der Waals surface area (Å²) in [7, 11) is 0. The molecule has 1 nitrogen and oxygen atoms in total. The van der Waals surface area contributed by atoms with Crippen LogP contribution in [0, 0.1) is 17.8 Å². The molecule has 0 radical (unpaired) electrons. The van der Waals surface area contributed by atoms with Gasteiger partial charge in [0.05, 0.1) is 0 Å². The van der Waals surface area contributed by atoms with Crippen LogP contribution < -0.4 is 5.32 Å². The Labute approximate surface area is 97.0 Å². The fourth-order valence-corrected chi connectivity index (χ4v) is 1.92. The first-order valence-corrected chi connectivity index (χ1v) is 6.74. The molecule has 0 aromatic carbocycles. The van der Waals surface area contributed by atoms with E-state index in [0.29, 0.717) is 0 Å². The van der Waals surface area contributed by atoms with Crippen molar-refractivity contribution in [2.75, 3.05) is 6.54 Å². The van der Waals surface area contributed by atoms with Crippen molar-refractivity contribution in [1.82, 2.24) is 5.32 Å². The van der Waals surface area contributed by atoms with E-state index >= 15 is 0 Å². The summed E-state index contributed by atoms with van der Waals surface area (Å²) in [5.74, 6) is 2.45. The molecule has 0 spiro atoms. The summed E-state index contributed by atoms with van der Waals surface area (Å²) in [6.45, 7) is 15.1. The molecule has 0 aromatic rings. The molecular formula is C14H31N. The van der Waals surface area contributed by atoms with E-state index in [1.165, 1.54) is 25.8 Å². The van der Waals surface area contributed by atoms with Gasteiger partial charge in [-0.25, -0.2) is 0 Å². The fourth-order valence-electron chi connectivity index (χ4n) is 1.92. The molecule has 1 N–H and O–H groups in total. The monoisotopic (exact) mass is 213 g/mol. The summed E-state index contributed by atoms with van der Waals surface area (Å²) >= 11 is 0. The van der Waals surface area contributed by atoms with Gasteiger partial charge in [0.1, 0.15) is 0 Å². The summed E-state index contributed by atoms with van der Waals surface area (Å²) in [6.07, 6.45) is 3.86. The van der Waals surface area contributed by atoms with Crippen molar-refractivity contribution < 1.29 is 0 Å². The van der Waals surface area contributed by atoms with E-state index in [9.17, 15) is 0 Å². The number of hydrogen-bond donors (Lipinski definition) is 1. The molecule has 15 heavy (non-hydrogen) atoms. The molecule has 0 aliphatic heterocycles. The minimum atomic E-state index is 0.719. The lowest BCUT2D eigenvalue weighted by atomic mass is 9.93. The lowest BCUT2D eigenvalue weighted by molar-refractivity contribution is 0.319. The predicted octanol–water partition coefficient (Wildman–Crippen LogP) is 4.08. The highest BCUT2D eigenvalue weighted by Crippen LogP contribution is 2.14. The van der Waals surface area contributed by atoms with Crippen LogP contribution in [0.5, 0.6) is 0 Å². The van der Waals surface area contributed by atoms with Crippen LogP contribution in [0.1, 0.15) is 60.8 Å². The van der Waals surface area contributed by atoms with E-state index in [1.54, 1.807) is 0 Å². The van der Waals surface area contributed by atoms with Crippen molar-refractivity contribution in [2.24, 2.45) is 17.8 Å². The van der Waals surface area contributed by atoms with Gasteiger partial charge in [0.2, 0.25) is 0 Å². The molecule has 0 aromatic heterocycles. The average molecular weight is 213 g/mol. The maximum Gasteiger partial charge on any atom is 0.00669 e. The van der Waals surface area contributed by atoms with Gasteiger partial charge in [-0.3, -0.25) is 0 Å². The van der Waals surface area contributed by atoms with E-state index < -0.39 is 0 Å². The molecule has 0 saturated carbocycles. The van der Waals surface area contributed by atoms with Gasteiger partial charge >= 0.3 is 0 Å². The zero-order valence-corrected chi connectivity index (χ0v) is 11.6. The van der Waals surface area contributed by atoms with Crippen LogP contribution in [0.15, 0.2) is 0 Å². The number of nitrogens with one attached hydrogen (secondary N) is 1. The molecule has 0 heterocycles.